The highest BCUT2D eigenvalue weighted by atomic mass is 14.8. The lowest BCUT2D eigenvalue weighted by molar-refractivity contribution is 0.443. The van der Waals surface area contributed by atoms with E-state index >= 15 is 0 Å². The molecule has 152 valence electrons. The molecule has 1 saturated carbocycles. The van der Waals surface area contributed by atoms with Crippen molar-refractivity contribution < 1.29 is 0 Å². The van der Waals surface area contributed by atoms with Crippen molar-refractivity contribution in [1.29, 1.82) is 0 Å². The fourth-order valence-electron chi connectivity index (χ4n) is 5.16. The topological polar surface area (TPSA) is 25.8 Å². The molecule has 0 unspecified atom stereocenters. The summed E-state index contributed by atoms with van der Waals surface area (Å²) >= 11 is 0. The highest BCUT2D eigenvalue weighted by molar-refractivity contribution is 6.10. The maximum Gasteiger partial charge on any atom is 0.116 e. The number of rotatable bonds is 4. The van der Waals surface area contributed by atoms with Crippen molar-refractivity contribution in [2.24, 2.45) is 5.92 Å². The molecule has 0 bridgehead atoms. The Labute approximate surface area is 179 Å². The van der Waals surface area contributed by atoms with Crippen LogP contribution < -0.4 is 0 Å². The van der Waals surface area contributed by atoms with Crippen LogP contribution in [-0.4, -0.2) is 9.97 Å². The number of nitrogens with zero attached hydrogens (tertiary/aromatic N) is 2. The lowest BCUT2D eigenvalue weighted by Crippen LogP contribution is -2.04. The minimum Gasteiger partial charge on any atom is -0.236 e. The standard InChI is InChI=1S/C28H30N2/c1-19(2)17-24-10-6-9-22-15-16-25-27(29-18-30-28(25)26(22)24)23-13-11-21(12-14-23)20-7-4-3-5-8-20/h6,9-16,18-20H,3-5,7-8,17H2,1-2H3. The van der Waals surface area contributed by atoms with Crippen LogP contribution in [0.15, 0.2) is 60.9 Å². The Balaban J connectivity index is 1.61. The number of fused-ring (bicyclic) bond motifs is 3. The van der Waals surface area contributed by atoms with Crippen LogP contribution in [0.5, 0.6) is 0 Å². The molecule has 0 atom stereocenters. The van der Waals surface area contributed by atoms with E-state index in [1.54, 1.807) is 6.33 Å². The Morgan fingerprint density at radius 3 is 2.43 bits per heavy atom. The van der Waals surface area contributed by atoms with Crippen molar-refractivity contribution in [2.45, 2.75) is 58.3 Å². The van der Waals surface area contributed by atoms with Crippen LogP contribution in [0, 0.1) is 5.92 Å². The van der Waals surface area contributed by atoms with E-state index in [2.05, 4.69) is 68.4 Å². The fraction of sp³-hybridized carbons (Fsp3) is 0.357. The maximum absolute atomic E-state index is 4.74. The Morgan fingerprint density at radius 1 is 0.867 bits per heavy atom. The Morgan fingerprint density at radius 2 is 1.67 bits per heavy atom. The number of aromatic nitrogens is 2. The molecule has 0 amide bonds. The average molecular weight is 395 g/mol. The van der Waals surface area contributed by atoms with E-state index in [1.807, 2.05) is 0 Å². The second-order valence-corrected chi connectivity index (χ2v) is 9.25. The summed E-state index contributed by atoms with van der Waals surface area (Å²) in [7, 11) is 0. The van der Waals surface area contributed by atoms with Crippen molar-refractivity contribution >= 4 is 21.7 Å². The van der Waals surface area contributed by atoms with Gasteiger partial charge in [0, 0.05) is 16.3 Å². The lowest BCUT2D eigenvalue weighted by atomic mass is 9.84. The highest BCUT2D eigenvalue weighted by Gasteiger charge is 2.16. The van der Waals surface area contributed by atoms with Gasteiger partial charge in [-0.25, -0.2) is 9.97 Å². The summed E-state index contributed by atoms with van der Waals surface area (Å²) in [6.45, 7) is 4.55. The quantitative estimate of drug-likeness (QED) is 0.331. The molecule has 1 aliphatic rings. The summed E-state index contributed by atoms with van der Waals surface area (Å²) in [6.07, 6.45) is 9.60. The van der Waals surface area contributed by atoms with E-state index in [4.69, 9.17) is 9.97 Å². The molecule has 3 aromatic carbocycles. The average Bonchev–Trinajstić information content (AvgIpc) is 2.79. The third-order valence-corrected chi connectivity index (χ3v) is 6.62. The Kier molecular flexibility index (Phi) is 5.25. The first-order valence-electron chi connectivity index (χ1n) is 11.5. The molecule has 30 heavy (non-hydrogen) atoms. The Hall–Kier alpha value is -2.74. The van der Waals surface area contributed by atoms with Gasteiger partial charge in [0.25, 0.3) is 0 Å². The molecule has 0 N–H and O–H groups in total. The molecule has 0 spiro atoms. The number of benzene rings is 3. The van der Waals surface area contributed by atoms with Gasteiger partial charge < -0.3 is 0 Å². The van der Waals surface area contributed by atoms with Gasteiger partial charge in [-0.3, -0.25) is 0 Å². The molecular formula is C28H30N2. The molecule has 5 rings (SSSR count). The second kappa shape index (κ2) is 8.18. The third-order valence-electron chi connectivity index (χ3n) is 6.62. The minimum absolute atomic E-state index is 0.611. The van der Waals surface area contributed by atoms with E-state index in [9.17, 15) is 0 Å². The predicted octanol–water partition coefficient (Wildman–Crippen LogP) is 7.70. The van der Waals surface area contributed by atoms with Crippen molar-refractivity contribution in [3.63, 3.8) is 0 Å². The van der Waals surface area contributed by atoms with Gasteiger partial charge >= 0.3 is 0 Å². The molecule has 2 nitrogen and oxygen atoms in total. The first-order valence-corrected chi connectivity index (χ1v) is 11.5. The first kappa shape index (κ1) is 19.2. The third kappa shape index (κ3) is 3.60. The molecule has 2 heteroatoms. The van der Waals surface area contributed by atoms with Crippen LogP contribution in [-0.2, 0) is 6.42 Å². The summed E-state index contributed by atoms with van der Waals surface area (Å²) in [5.74, 6) is 1.34. The van der Waals surface area contributed by atoms with E-state index < -0.39 is 0 Å². The van der Waals surface area contributed by atoms with Crippen LogP contribution in [0.4, 0.5) is 0 Å². The fourth-order valence-corrected chi connectivity index (χ4v) is 5.16. The first-order chi connectivity index (χ1) is 14.7. The molecule has 0 saturated heterocycles. The molecular weight excluding hydrogens is 364 g/mol. The summed E-state index contributed by atoms with van der Waals surface area (Å²) < 4.78 is 0. The van der Waals surface area contributed by atoms with E-state index in [-0.39, 0.29) is 0 Å². The van der Waals surface area contributed by atoms with Gasteiger partial charge in [0.2, 0.25) is 0 Å². The molecule has 0 aliphatic heterocycles. The SMILES string of the molecule is CC(C)Cc1cccc2ccc3c(-c4ccc(C5CCCCC5)cc4)ncnc3c12. The molecule has 1 fully saturated rings. The summed E-state index contributed by atoms with van der Waals surface area (Å²) in [4.78, 5) is 9.45. The molecule has 1 heterocycles. The monoisotopic (exact) mass is 394 g/mol. The van der Waals surface area contributed by atoms with Crippen LogP contribution in [0.3, 0.4) is 0 Å². The zero-order valence-corrected chi connectivity index (χ0v) is 18.1. The van der Waals surface area contributed by atoms with Gasteiger partial charge in [-0.2, -0.15) is 0 Å². The molecule has 0 radical (unpaired) electrons. The van der Waals surface area contributed by atoms with Gasteiger partial charge in [0.05, 0.1) is 11.2 Å². The van der Waals surface area contributed by atoms with Gasteiger partial charge in [0.1, 0.15) is 6.33 Å². The van der Waals surface area contributed by atoms with Crippen molar-refractivity contribution in [3.8, 4) is 11.3 Å². The summed E-state index contributed by atoms with van der Waals surface area (Å²) in [5, 5.41) is 3.69. The minimum atomic E-state index is 0.611. The largest absolute Gasteiger partial charge is 0.236 e. The Bertz CT molecular complexity index is 1170. The van der Waals surface area contributed by atoms with Gasteiger partial charge in [-0.05, 0) is 53.7 Å². The van der Waals surface area contributed by atoms with Gasteiger partial charge in [-0.1, -0.05) is 81.6 Å². The van der Waals surface area contributed by atoms with Crippen LogP contribution >= 0.6 is 0 Å². The smallest absolute Gasteiger partial charge is 0.116 e. The van der Waals surface area contributed by atoms with Gasteiger partial charge in [-0.15, -0.1) is 0 Å². The maximum atomic E-state index is 4.74. The van der Waals surface area contributed by atoms with E-state index in [0.29, 0.717) is 5.92 Å². The second-order valence-electron chi connectivity index (χ2n) is 9.25. The predicted molar refractivity (Wildman–Crippen MR) is 127 cm³/mol. The van der Waals surface area contributed by atoms with Crippen molar-refractivity contribution in [3.05, 3.63) is 72.1 Å². The van der Waals surface area contributed by atoms with Crippen LogP contribution in [0.25, 0.3) is 32.9 Å². The van der Waals surface area contributed by atoms with Crippen LogP contribution in [0.1, 0.15) is 63.0 Å². The lowest BCUT2D eigenvalue weighted by Gasteiger charge is -2.22. The van der Waals surface area contributed by atoms with E-state index in [1.165, 1.54) is 59.6 Å². The zero-order chi connectivity index (χ0) is 20.5. The number of hydrogen-bond acceptors (Lipinski definition) is 2. The number of hydrogen-bond donors (Lipinski definition) is 0. The van der Waals surface area contributed by atoms with Crippen LogP contribution in [0.2, 0.25) is 0 Å². The molecule has 4 aromatic rings. The van der Waals surface area contributed by atoms with Crippen molar-refractivity contribution in [2.75, 3.05) is 0 Å². The normalized spacial score (nSPS) is 15.3. The zero-order valence-electron chi connectivity index (χ0n) is 18.1. The van der Waals surface area contributed by atoms with E-state index in [0.717, 1.165) is 28.9 Å². The summed E-state index contributed by atoms with van der Waals surface area (Å²) in [5.41, 5.74) is 6.16. The van der Waals surface area contributed by atoms with Gasteiger partial charge in [0.15, 0.2) is 0 Å². The van der Waals surface area contributed by atoms with Crippen molar-refractivity contribution in [1.82, 2.24) is 9.97 Å². The summed E-state index contributed by atoms with van der Waals surface area (Å²) in [6, 6.07) is 20.2. The molecule has 1 aromatic heterocycles. The highest BCUT2D eigenvalue weighted by Crippen LogP contribution is 2.36. The molecule has 1 aliphatic carbocycles.